The lowest BCUT2D eigenvalue weighted by atomic mass is 9.95. The van der Waals surface area contributed by atoms with E-state index < -0.39 is 12.0 Å². The van der Waals surface area contributed by atoms with Crippen molar-refractivity contribution in [3.8, 4) is 17.6 Å². The summed E-state index contributed by atoms with van der Waals surface area (Å²) in [5.74, 6) is 0.641. The molecule has 0 aromatic heterocycles. The number of ether oxygens (including phenoxy) is 3. The summed E-state index contributed by atoms with van der Waals surface area (Å²) in [5.41, 5.74) is 3.21. The molecule has 0 bridgehead atoms. The second-order valence-corrected chi connectivity index (χ2v) is 9.19. The lowest BCUT2D eigenvalue weighted by Crippen LogP contribution is -2.45. The Labute approximate surface area is 212 Å². The zero-order valence-electron chi connectivity index (χ0n) is 18.7. The van der Waals surface area contributed by atoms with Crippen molar-refractivity contribution in [2.75, 3.05) is 7.11 Å². The van der Waals surface area contributed by atoms with Crippen LogP contribution in [0.2, 0.25) is 0 Å². The molecule has 1 atom stereocenters. The van der Waals surface area contributed by atoms with E-state index in [0.29, 0.717) is 33.4 Å². The van der Waals surface area contributed by atoms with Crippen LogP contribution >= 0.6 is 34.8 Å². The van der Waals surface area contributed by atoms with E-state index in [-0.39, 0.29) is 12.7 Å². The number of halogens is 1. The van der Waals surface area contributed by atoms with Gasteiger partial charge in [0, 0.05) is 11.3 Å². The van der Waals surface area contributed by atoms with Gasteiger partial charge in [0.1, 0.15) is 6.61 Å². The average molecular weight is 577 g/mol. The van der Waals surface area contributed by atoms with Crippen LogP contribution in [0.5, 0.6) is 11.5 Å². The van der Waals surface area contributed by atoms with Gasteiger partial charge in [-0.3, -0.25) is 0 Å². The van der Waals surface area contributed by atoms with E-state index >= 15 is 0 Å². The Morgan fingerprint density at radius 3 is 2.70 bits per heavy atom. The normalized spacial score (nSPS) is 15.4. The highest BCUT2D eigenvalue weighted by molar-refractivity contribution is 14.1. The van der Waals surface area contributed by atoms with Gasteiger partial charge < -0.3 is 24.8 Å². The van der Waals surface area contributed by atoms with E-state index in [0.717, 1.165) is 14.7 Å². The first kappa shape index (κ1) is 24.8. The van der Waals surface area contributed by atoms with Gasteiger partial charge in [-0.25, -0.2) is 4.79 Å². The number of esters is 1. The molecular formula is C24H24IN3O4S. The highest BCUT2D eigenvalue weighted by Crippen LogP contribution is 2.39. The standard InChI is InChI=1S/C24H24IN3O4S/c1-13(2)32-23(29)20-14(3)27-24(33)28-21(20)17-9-18(25)22(19(10-17)30-4)31-12-16-8-6-5-7-15(16)11-26/h5-10,13,21H,12H2,1-4H3,(H2,27,28,33)/t21-/m1/s1. The van der Waals surface area contributed by atoms with E-state index in [4.69, 9.17) is 26.4 Å². The molecule has 0 spiro atoms. The van der Waals surface area contributed by atoms with Crippen molar-refractivity contribution in [3.05, 3.63) is 67.9 Å². The molecule has 33 heavy (non-hydrogen) atoms. The van der Waals surface area contributed by atoms with Crippen molar-refractivity contribution in [3.63, 3.8) is 0 Å². The number of rotatable bonds is 7. The minimum atomic E-state index is -0.513. The van der Waals surface area contributed by atoms with Crippen molar-refractivity contribution in [2.24, 2.45) is 0 Å². The van der Waals surface area contributed by atoms with Gasteiger partial charge >= 0.3 is 5.97 Å². The predicted octanol–water partition coefficient (Wildman–Crippen LogP) is 4.49. The maximum Gasteiger partial charge on any atom is 0.338 e. The summed E-state index contributed by atoms with van der Waals surface area (Å²) in [7, 11) is 1.56. The Hall–Kier alpha value is -2.84. The number of carbonyl (C=O) groups excluding carboxylic acids is 1. The fourth-order valence-electron chi connectivity index (χ4n) is 3.44. The van der Waals surface area contributed by atoms with Crippen LogP contribution in [0.25, 0.3) is 0 Å². The molecule has 0 unspecified atom stereocenters. The molecule has 1 aliphatic heterocycles. The third-order valence-corrected chi connectivity index (χ3v) is 5.95. The summed E-state index contributed by atoms with van der Waals surface area (Å²) >= 11 is 7.50. The lowest BCUT2D eigenvalue weighted by molar-refractivity contribution is -0.143. The number of nitrogens with zero attached hydrogens (tertiary/aromatic N) is 1. The molecule has 0 fully saturated rings. The van der Waals surface area contributed by atoms with Crippen LogP contribution in [0, 0.1) is 14.9 Å². The van der Waals surface area contributed by atoms with Crippen LogP contribution in [0.1, 0.15) is 43.5 Å². The third-order valence-electron chi connectivity index (χ3n) is 4.93. The van der Waals surface area contributed by atoms with Gasteiger partial charge in [-0.15, -0.1) is 0 Å². The van der Waals surface area contributed by atoms with Gasteiger partial charge in [0.25, 0.3) is 0 Å². The smallest absolute Gasteiger partial charge is 0.338 e. The van der Waals surface area contributed by atoms with Crippen LogP contribution in [0.4, 0.5) is 0 Å². The quantitative estimate of drug-likeness (QED) is 0.283. The van der Waals surface area contributed by atoms with Crippen molar-refractivity contribution in [2.45, 2.75) is 39.5 Å². The van der Waals surface area contributed by atoms with E-state index in [1.165, 1.54) is 0 Å². The maximum absolute atomic E-state index is 12.8. The van der Waals surface area contributed by atoms with E-state index in [2.05, 4.69) is 39.3 Å². The predicted molar refractivity (Wildman–Crippen MR) is 137 cm³/mol. The summed E-state index contributed by atoms with van der Waals surface area (Å²) in [5, 5.41) is 15.9. The number of hydrogen-bond acceptors (Lipinski definition) is 6. The van der Waals surface area contributed by atoms with Crippen LogP contribution in [-0.2, 0) is 16.1 Å². The first-order valence-corrected chi connectivity index (χ1v) is 11.7. The van der Waals surface area contributed by atoms with Crippen LogP contribution < -0.4 is 20.1 Å². The highest BCUT2D eigenvalue weighted by Gasteiger charge is 2.32. The van der Waals surface area contributed by atoms with Gasteiger partial charge in [0.15, 0.2) is 16.6 Å². The van der Waals surface area contributed by atoms with Gasteiger partial charge in [0.05, 0.1) is 40.0 Å². The van der Waals surface area contributed by atoms with Crippen LogP contribution in [0.3, 0.4) is 0 Å². The zero-order valence-corrected chi connectivity index (χ0v) is 21.7. The number of nitriles is 1. The van der Waals surface area contributed by atoms with E-state index in [1.807, 2.05) is 30.3 Å². The molecule has 1 heterocycles. The molecule has 7 nitrogen and oxygen atoms in total. The molecule has 2 aromatic carbocycles. The SMILES string of the molecule is COc1cc([C@H]2NC(=S)NC(C)=C2C(=O)OC(C)C)cc(I)c1OCc1ccccc1C#N. The molecule has 2 N–H and O–H groups in total. The summed E-state index contributed by atoms with van der Waals surface area (Å²) in [6, 6.07) is 12.7. The second-order valence-electron chi connectivity index (χ2n) is 7.62. The topological polar surface area (TPSA) is 92.6 Å². The molecule has 1 aliphatic rings. The molecular weight excluding hydrogens is 553 g/mol. The molecule has 0 amide bonds. The Balaban J connectivity index is 1.96. The first-order chi connectivity index (χ1) is 15.7. The van der Waals surface area contributed by atoms with E-state index in [1.54, 1.807) is 33.9 Å². The Morgan fingerprint density at radius 2 is 2.03 bits per heavy atom. The molecule has 0 saturated heterocycles. The zero-order chi connectivity index (χ0) is 24.1. The lowest BCUT2D eigenvalue weighted by Gasteiger charge is -2.30. The second kappa shape index (κ2) is 10.9. The number of thiocarbonyl (C=S) groups is 1. The Morgan fingerprint density at radius 1 is 1.30 bits per heavy atom. The summed E-state index contributed by atoms with van der Waals surface area (Å²) in [6.07, 6.45) is -0.255. The molecule has 172 valence electrons. The van der Waals surface area contributed by atoms with Gasteiger partial charge in [-0.05, 0) is 79.3 Å². The minimum Gasteiger partial charge on any atom is -0.493 e. The molecule has 2 aromatic rings. The number of carbonyl (C=O) groups is 1. The number of nitrogens with one attached hydrogen (secondary N) is 2. The molecule has 9 heteroatoms. The fourth-order valence-corrected chi connectivity index (χ4v) is 4.50. The first-order valence-electron chi connectivity index (χ1n) is 10.2. The molecule has 0 saturated carbocycles. The van der Waals surface area contributed by atoms with Crippen molar-refractivity contribution < 1.29 is 19.0 Å². The monoisotopic (exact) mass is 577 g/mol. The summed E-state index contributed by atoms with van der Waals surface area (Å²) in [4.78, 5) is 12.8. The number of methoxy groups -OCH3 is 1. The van der Waals surface area contributed by atoms with Crippen molar-refractivity contribution in [1.82, 2.24) is 10.6 Å². The number of benzene rings is 2. The Kier molecular flexibility index (Phi) is 8.15. The van der Waals surface area contributed by atoms with Crippen LogP contribution in [-0.4, -0.2) is 24.3 Å². The van der Waals surface area contributed by atoms with Gasteiger partial charge in [-0.1, -0.05) is 18.2 Å². The van der Waals surface area contributed by atoms with Crippen molar-refractivity contribution in [1.29, 1.82) is 5.26 Å². The average Bonchev–Trinajstić information content (AvgIpc) is 2.76. The van der Waals surface area contributed by atoms with Crippen LogP contribution in [0.15, 0.2) is 47.7 Å². The number of allylic oxidation sites excluding steroid dienone is 1. The highest BCUT2D eigenvalue weighted by atomic mass is 127. The minimum absolute atomic E-state index is 0.218. The maximum atomic E-state index is 12.8. The number of hydrogen-bond donors (Lipinski definition) is 2. The van der Waals surface area contributed by atoms with Crippen molar-refractivity contribution >= 4 is 45.9 Å². The third kappa shape index (κ3) is 5.75. The summed E-state index contributed by atoms with van der Waals surface area (Å²) in [6.45, 7) is 5.62. The van der Waals surface area contributed by atoms with Gasteiger partial charge in [-0.2, -0.15) is 5.26 Å². The largest absolute Gasteiger partial charge is 0.493 e. The summed E-state index contributed by atoms with van der Waals surface area (Å²) < 4.78 is 17.9. The van der Waals surface area contributed by atoms with Gasteiger partial charge in [0.2, 0.25) is 0 Å². The molecule has 3 rings (SSSR count). The molecule has 0 radical (unpaired) electrons. The molecule has 0 aliphatic carbocycles. The Bertz CT molecular complexity index is 1160. The fraction of sp³-hybridized carbons (Fsp3) is 0.292. The van der Waals surface area contributed by atoms with E-state index in [9.17, 15) is 10.1 Å².